The number of ketones is 1. The number of fused-ring (bicyclic) bond motifs is 1. The van der Waals surface area contributed by atoms with Crippen LogP contribution >= 0.6 is 0 Å². The van der Waals surface area contributed by atoms with Gasteiger partial charge in [-0.15, -0.1) is 0 Å². The summed E-state index contributed by atoms with van der Waals surface area (Å²) in [5.74, 6) is 1.84. The first-order valence-electron chi connectivity index (χ1n) is 7.90. The summed E-state index contributed by atoms with van der Waals surface area (Å²) in [6.07, 6.45) is 1.55. The van der Waals surface area contributed by atoms with E-state index in [9.17, 15) is 4.79 Å². The van der Waals surface area contributed by atoms with E-state index in [2.05, 4.69) is 38.1 Å². The van der Waals surface area contributed by atoms with E-state index in [1.807, 2.05) is 25.1 Å². The monoisotopic (exact) mass is 306 g/mol. The van der Waals surface area contributed by atoms with Crippen LogP contribution in [0.25, 0.3) is 22.3 Å². The van der Waals surface area contributed by atoms with Crippen molar-refractivity contribution in [3.05, 3.63) is 42.2 Å². The molecule has 3 heterocycles. The molecule has 1 aliphatic rings. The zero-order valence-electron chi connectivity index (χ0n) is 13.0. The lowest BCUT2D eigenvalue weighted by Gasteiger charge is -2.27. The number of aryl methyl sites for hydroxylation is 1. The molecule has 2 aromatic heterocycles. The van der Waals surface area contributed by atoms with E-state index >= 15 is 0 Å². The number of benzene rings is 1. The van der Waals surface area contributed by atoms with Crippen molar-refractivity contribution in [2.24, 2.45) is 0 Å². The summed E-state index contributed by atoms with van der Waals surface area (Å²) in [6, 6.07) is 12.2. The van der Waals surface area contributed by atoms with Crippen LogP contribution in [0.2, 0.25) is 0 Å². The average molecular weight is 306 g/mol. The molecule has 0 saturated carbocycles. The topological polar surface area (TPSA) is 61.9 Å². The van der Waals surface area contributed by atoms with Gasteiger partial charge in [-0.25, -0.2) is 9.97 Å². The summed E-state index contributed by atoms with van der Waals surface area (Å²) in [5, 5.41) is 0. The molecule has 1 aromatic carbocycles. The molecule has 0 unspecified atom stereocenters. The molecule has 1 N–H and O–H groups in total. The zero-order chi connectivity index (χ0) is 15.8. The molecule has 5 heteroatoms. The minimum absolute atomic E-state index is 0.274. The summed E-state index contributed by atoms with van der Waals surface area (Å²) < 4.78 is 0. The van der Waals surface area contributed by atoms with Crippen LogP contribution in [0.4, 0.5) is 5.82 Å². The largest absolute Gasteiger partial charge is 0.350 e. The number of nitrogens with one attached hydrogen (secondary N) is 1. The van der Waals surface area contributed by atoms with Crippen molar-refractivity contribution >= 4 is 22.6 Å². The SMILES string of the molecule is Cc1nc(N2CCCC(=O)C2)c2[nH]c(-c3ccccc3)cc2n1. The van der Waals surface area contributed by atoms with Gasteiger partial charge < -0.3 is 9.88 Å². The fourth-order valence-electron chi connectivity index (χ4n) is 3.13. The van der Waals surface area contributed by atoms with Gasteiger partial charge in [-0.2, -0.15) is 0 Å². The van der Waals surface area contributed by atoms with Gasteiger partial charge in [0.05, 0.1) is 12.1 Å². The summed E-state index contributed by atoms with van der Waals surface area (Å²) in [4.78, 5) is 26.4. The van der Waals surface area contributed by atoms with Crippen LogP contribution < -0.4 is 4.90 Å². The van der Waals surface area contributed by atoms with Gasteiger partial charge in [-0.3, -0.25) is 4.79 Å². The van der Waals surface area contributed by atoms with Gasteiger partial charge in [0.15, 0.2) is 11.6 Å². The van der Waals surface area contributed by atoms with Crippen molar-refractivity contribution < 1.29 is 4.79 Å². The number of aromatic nitrogens is 3. The van der Waals surface area contributed by atoms with Crippen LogP contribution in [-0.2, 0) is 4.79 Å². The Bertz CT molecular complexity index is 869. The lowest BCUT2D eigenvalue weighted by Crippen LogP contribution is -2.36. The Morgan fingerprint density at radius 2 is 2.00 bits per heavy atom. The molecule has 116 valence electrons. The third-order valence-corrected chi connectivity index (χ3v) is 4.21. The summed E-state index contributed by atoms with van der Waals surface area (Å²) in [7, 11) is 0. The van der Waals surface area contributed by atoms with Crippen LogP contribution in [-0.4, -0.2) is 33.8 Å². The van der Waals surface area contributed by atoms with E-state index in [1.165, 1.54) is 0 Å². The molecule has 4 rings (SSSR count). The minimum atomic E-state index is 0.274. The highest BCUT2D eigenvalue weighted by Gasteiger charge is 2.22. The average Bonchev–Trinajstić information content (AvgIpc) is 2.98. The highest BCUT2D eigenvalue weighted by atomic mass is 16.1. The number of H-pyrrole nitrogens is 1. The first kappa shape index (κ1) is 13.9. The van der Waals surface area contributed by atoms with E-state index in [0.29, 0.717) is 13.0 Å². The smallest absolute Gasteiger partial charge is 0.157 e. The zero-order valence-corrected chi connectivity index (χ0v) is 13.0. The van der Waals surface area contributed by atoms with E-state index in [-0.39, 0.29) is 5.78 Å². The van der Waals surface area contributed by atoms with Gasteiger partial charge >= 0.3 is 0 Å². The van der Waals surface area contributed by atoms with Crippen molar-refractivity contribution in [3.8, 4) is 11.3 Å². The third kappa shape index (κ3) is 2.59. The van der Waals surface area contributed by atoms with Gasteiger partial charge in [0, 0.05) is 18.7 Å². The predicted molar refractivity (Wildman–Crippen MR) is 90.5 cm³/mol. The number of hydrogen-bond acceptors (Lipinski definition) is 4. The quantitative estimate of drug-likeness (QED) is 0.790. The molecular weight excluding hydrogens is 288 g/mol. The van der Waals surface area contributed by atoms with Crippen LogP contribution in [0.3, 0.4) is 0 Å². The second-order valence-corrected chi connectivity index (χ2v) is 5.97. The van der Waals surface area contributed by atoms with Crippen molar-refractivity contribution in [1.29, 1.82) is 0 Å². The first-order valence-corrected chi connectivity index (χ1v) is 7.90. The van der Waals surface area contributed by atoms with Crippen LogP contribution in [0.15, 0.2) is 36.4 Å². The maximum Gasteiger partial charge on any atom is 0.157 e. The number of anilines is 1. The number of nitrogens with zero attached hydrogens (tertiary/aromatic N) is 3. The van der Waals surface area contributed by atoms with Crippen LogP contribution in [0.1, 0.15) is 18.7 Å². The number of aromatic amines is 1. The lowest BCUT2D eigenvalue weighted by molar-refractivity contribution is -0.118. The molecule has 23 heavy (non-hydrogen) atoms. The van der Waals surface area contributed by atoms with Gasteiger partial charge in [-0.05, 0) is 25.0 Å². The van der Waals surface area contributed by atoms with Gasteiger partial charge in [0.25, 0.3) is 0 Å². The van der Waals surface area contributed by atoms with Crippen molar-refractivity contribution in [3.63, 3.8) is 0 Å². The number of hydrogen-bond donors (Lipinski definition) is 1. The van der Waals surface area contributed by atoms with Gasteiger partial charge in [-0.1, -0.05) is 30.3 Å². The number of carbonyl (C=O) groups is 1. The predicted octanol–water partition coefficient (Wildman–Crippen LogP) is 3.10. The second kappa shape index (κ2) is 5.50. The minimum Gasteiger partial charge on any atom is -0.350 e. The summed E-state index contributed by atoms with van der Waals surface area (Å²) in [6.45, 7) is 3.19. The molecule has 5 nitrogen and oxygen atoms in total. The van der Waals surface area contributed by atoms with Crippen molar-refractivity contribution in [2.45, 2.75) is 19.8 Å². The fourth-order valence-corrected chi connectivity index (χ4v) is 3.13. The Morgan fingerprint density at radius 3 is 2.78 bits per heavy atom. The molecule has 1 aliphatic heterocycles. The maximum atomic E-state index is 11.8. The molecular formula is C18H18N4O. The Labute approximate surface area is 134 Å². The standard InChI is InChI=1S/C18H18N4O/c1-12-19-16-10-15(13-6-3-2-4-7-13)21-17(16)18(20-12)22-9-5-8-14(23)11-22/h2-4,6-7,10,21H,5,8-9,11H2,1H3. The van der Waals surface area contributed by atoms with E-state index in [1.54, 1.807) is 0 Å². The number of carbonyl (C=O) groups excluding carboxylic acids is 1. The highest BCUT2D eigenvalue weighted by Crippen LogP contribution is 2.29. The van der Waals surface area contributed by atoms with E-state index in [4.69, 9.17) is 0 Å². The molecule has 0 aliphatic carbocycles. The Hall–Kier alpha value is -2.69. The molecule has 0 bridgehead atoms. The molecule has 1 fully saturated rings. The highest BCUT2D eigenvalue weighted by molar-refractivity contribution is 5.93. The maximum absolute atomic E-state index is 11.8. The molecule has 0 radical (unpaired) electrons. The van der Waals surface area contributed by atoms with Crippen molar-refractivity contribution in [2.75, 3.05) is 18.0 Å². The number of Topliss-reactive ketones (excluding diaryl/α,β-unsaturated/α-hetero) is 1. The summed E-state index contributed by atoms with van der Waals surface area (Å²) in [5.41, 5.74) is 3.93. The first-order chi connectivity index (χ1) is 11.2. The van der Waals surface area contributed by atoms with Crippen LogP contribution in [0.5, 0.6) is 0 Å². The molecule has 0 amide bonds. The Balaban J connectivity index is 1.84. The number of rotatable bonds is 2. The lowest BCUT2D eigenvalue weighted by atomic mass is 10.1. The summed E-state index contributed by atoms with van der Waals surface area (Å²) >= 11 is 0. The molecule has 0 spiro atoms. The molecule has 1 saturated heterocycles. The Kier molecular flexibility index (Phi) is 3.33. The van der Waals surface area contributed by atoms with E-state index < -0.39 is 0 Å². The van der Waals surface area contributed by atoms with Crippen LogP contribution in [0, 0.1) is 6.92 Å². The second-order valence-electron chi connectivity index (χ2n) is 5.97. The molecule has 3 aromatic rings. The fraction of sp³-hybridized carbons (Fsp3) is 0.278. The molecule has 0 atom stereocenters. The van der Waals surface area contributed by atoms with E-state index in [0.717, 1.165) is 46.9 Å². The number of piperidine rings is 1. The van der Waals surface area contributed by atoms with Crippen molar-refractivity contribution in [1.82, 2.24) is 15.0 Å². The van der Waals surface area contributed by atoms with Gasteiger partial charge in [0.1, 0.15) is 11.3 Å². The van der Waals surface area contributed by atoms with Gasteiger partial charge in [0.2, 0.25) is 0 Å². The Morgan fingerprint density at radius 1 is 1.17 bits per heavy atom. The third-order valence-electron chi connectivity index (χ3n) is 4.21. The normalized spacial score (nSPS) is 15.3.